The highest BCUT2D eigenvalue weighted by Crippen LogP contribution is 2.27. The zero-order valence-corrected chi connectivity index (χ0v) is 18.2. The van der Waals surface area contributed by atoms with Crippen LogP contribution in [-0.2, 0) is 0 Å². The normalized spacial score (nSPS) is 14.1. The Morgan fingerprint density at radius 3 is 2.50 bits per heavy atom. The van der Waals surface area contributed by atoms with Crippen molar-refractivity contribution in [2.45, 2.75) is 26.2 Å². The van der Waals surface area contributed by atoms with Gasteiger partial charge in [-0.1, -0.05) is 19.8 Å². The minimum absolute atomic E-state index is 0.0236. The molecule has 3 heterocycles. The predicted molar refractivity (Wildman–Crippen MR) is 124 cm³/mol. The second kappa shape index (κ2) is 9.76. The Balaban J connectivity index is 1.52. The van der Waals surface area contributed by atoms with Crippen molar-refractivity contribution in [2.24, 2.45) is 0 Å². The van der Waals surface area contributed by atoms with Gasteiger partial charge in [-0.05, 0) is 42.8 Å². The van der Waals surface area contributed by atoms with Gasteiger partial charge in [0.2, 0.25) is 5.95 Å². The molecule has 1 aromatic carbocycles. The standard InChI is InChI=1S/C23H28FN7O/c1-2-3-4-11-26-23(32)31-14-12-30(13-15-31)21-20-19(28-22(25)29-21)10-9-18(27-20)16-5-7-17(24)8-6-16/h5-10H,2-4,11-15H2,1H3,(H,26,32)(H2,25,28,29). The van der Waals surface area contributed by atoms with Gasteiger partial charge in [0.25, 0.3) is 0 Å². The van der Waals surface area contributed by atoms with Crippen molar-refractivity contribution < 1.29 is 9.18 Å². The summed E-state index contributed by atoms with van der Waals surface area (Å²) in [7, 11) is 0. The lowest BCUT2D eigenvalue weighted by atomic mass is 10.1. The maximum atomic E-state index is 13.3. The van der Waals surface area contributed by atoms with Crippen molar-refractivity contribution in [3.63, 3.8) is 0 Å². The molecule has 8 nitrogen and oxygen atoms in total. The number of piperazine rings is 1. The SMILES string of the molecule is CCCCCNC(=O)N1CCN(c2nc(N)nc3ccc(-c4ccc(F)cc4)nc23)CC1. The molecule has 0 unspecified atom stereocenters. The lowest BCUT2D eigenvalue weighted by molar-refractivity contribution is 0.194. The Labute approximate surface area is 186 Å². The van der Waals surface area contributed by atoms with Crippen molar-refractivity contribution in [2.75, 3.05) is 43.4 Å². The lowest BCUT2D eigenvalue weighted by Gasteiger charge is -2.35. The Morgan fingerprint density at radius 1 is 1.03 bits per heavy atom. The molecule has 1 fully saturated rings. The Kier molecular flexibility index (Phi) is 6.63. The molecular weight excluding hydrogens is 409 g/mol. The Bertz CT molecular complexity index is 1080. The second-order valence-electron chi connectivity index (χ2n) is 7.89. The van der Waals surface area contributed by atoms with Crippen LogP contribution in [0.4, 0.5) is 21.0 Å². The topological polar surface area (TPSA) is 100 Å². The Hall–Kier alpha value is -3.49. The smallest absolute Gasteiger partial charge is 0.317 e. The van der Waals surface area contributed by atoms with Crippen molar-refractivity contribution in [3.05, 3.63) is 42.2 Å². The highest BCUT2D eigenvalue weighted by molar-refractivity contribution is 5.88. The molecular formula is C23H28FN7O. The van der Waals surface area contributed by atoms with E-state index in [1.165, 1.54) is 12.1 Å². The average molecular weight is 438 g/mol. The van der Waals surface area contributed by atoms with E-state index in [0.29, 0.717) is 55.3 Å². The fraction of sp³-hybridized carbons (Fsp3) is 0.391. The largest absolute Gasteiger partial charge is 0.368 e. The predicted octanol–water partition coefficient (Wildman–Crippen LogP) is 3.43. The van der Waals surface area contributed by atoms with E-state index in [0.717, 1.165) is 24.8 Å². The van der Waals surface area contributed by atoms with Crippen LogP contribution < -0.4 is 16.0 Å². The van der Waals surface area contributed by atoms with E-state index < -0.39 is 0 Å². The van der Waals surface area contributed by atoms with Crippen molar-refractivity contribution in [1.82, 2.24) is 25.2 Å². The minimum Gasteiger partial charge on any atom is -0.368 e. The van der Waals surface area contributed by atoms with Gasteiger partial charge in [-0.25, -0.2) is 19.2 Å². The highest BCUT2D eigenvalue weighted by Gasteiger charge is 2.24. The summed E-state index contributed by atoms with van der Waals surface area (Å²) in [6.07, 6.45) is 3.24. The van der Waals surface area contributed by atoms with Crippen molar-refractivity contribution in [1.29, 1.82) is 0 Å². The van der Waals surface area contributed by atoms with Gasteiger partial charge in [-0.3, -0.25) is 0 Å². The van der Waals surface area contributed by atoms with Gasteiger partial charge in [0.05, 0.1) is 11.2 Å². The maximum absolute atomic E-state index is 13.3. The molecule has 3 aromatic rings. The molecule has 4 rings (SSSR count). The third kappa shape index (κ3) is 4.87. The molecule has 0 radical (unpaired) electrons. The number of amides is 2. The fourth-order valence-corrected chi connectivity index (χ4v) is 3.82. The monoisotopic (exact) mass is 437 g/mol. The van der Waals surface area contributed by atoms with Gasteiger partial charge in [0.1, 0.15) is 11.3 Å². The number of nitrogens with two attached hydrogens (primary N) is 1. The first-order chi connectivity index (χ1) is 15.5. The number of urea groups is 1. The first-order valence-corrected chi connectivity index (χ1v) is 11.0. The average Bonchev–Trinajstić information content (AvgIpc) is 2.81. The number of fused-ring (bicyclic) bond motifs is 1. The molecule has 0 aliphatic carbocycles. The van der Waals surface area contributed by atoms with Crippen molar-refractivity contribution >= 4 is 28.8 Å². The molecule has 2 aromatic heterocycles. The van der Waals surface area contributed by atoms with E-state index in [9.17, 15) is 9.18 Å². The highest BCUT2D eigenvalue weighted by atomic mass is 19.1. The van der Waals surface area contributed by atoms with Gasteiger partial charge >= 0.3 is 6.03 Å². The third-order valence-electron chi connectivity index (χ3n) is 5.60. The first kappa shape index (κ1) is 21.7. The van der Waals surface area contributed by atoms with Crippen molar-refractivity contribution in [3.8, 4) is 11.3 Å². The van der Waals surface area contributed by atoms with E-state index in [2.05, 4.69) is 27.1 Å². The fourth-order valence-electron chi connectivity index (χ4n) is 3.82. The number of carbonyl (C=O) groups is 1. The summed E-state index contributed by atoms with van der Waals surface area (Å²) in [5.41, 5.74) is 8.76. The van der Waals surface area contributed by atoms with Gasteiger partial charge in [-0.15, -0.1) is 0 Å². The molecule has 0 atom stereocenters. The number of unbranched alkanes of at least 4 members (excludes halogenated alkanes) is 2. The molecule has 2 amide bonds. The zero-order chi connectivity index (χ0) is 22.5. The molecule has 32 heavy (non-hydrogen) atoms. The van der Waals surface area contributed by atoms with E-state index in [1.807, 2.05) is 17.0 Å². The van der Waals surface area contributed by atoms with Crippen LogP contribution in [0.5, 0.6) is 0 Å². The van der Waals surface area contributed by atoms with Crippen LogP contribution in [0.25, 0.3) is 22.3 Å². The number of nitrogens with zero attached hydrogens (tertiary/aromatic N) is 5. The van der Waals surface area contributed by atoms with Gasteiger partial charge in [0, 0.05) is 38.3 Å². The molecule has 0 spiro atoms. The molecule has 1 aliphatic rings. The first-order valence-electron chi connectivity index (χ1n) is 11.0. The van der Waals surface area contributed by atoms with Crippen LogP contribution in [0.3, 0.4) is 0 Å². The third-order valence-corrected chi connectivity index (χ3v) is 5.60. The number of halogens is 1. The van der Waals surface area contributed by atoms with Gasteiger partial charge in [0.15, 0.2) is 5.82 Å². The van der Waals surface area contributed by atoms with Gasteiger partial charge in [-0.2, -0.15) is 4.98 Å². The number of hydrogen-bond acceptors (Lipinski definition) is 6. The summed E-state index contributed by atoms with van der Waals surface area (Å²) in [5.74, 6) is 0.540. The molecule has 1 saturated heterocycles. The molecule has 168 valence electrons. The number of aromatic nitrogens is 3. The molecule has 0 bridgehead atoms. The number of anilines is 2. The zero-order valence-electron chi connectivity index (χ0n) is 18.2. The quantitative estimate of drug-likeness (QED) is 0.573. The number of pyridine rings is 1. The number of nitrogen functional groups attached to an aromatic ring is 1. The summed E-state index contributed by atoms with van der Waals surface area (Å²) in [6.45, 7) is 5.26. The number of hydrogen-bond donors (Lipinski definition) is 2. The van der Waals surface area contributed by atoms with Crippen LogP contribution in [0.1, 0.15) is 26.2 Å². The number of carbonyl (C=O) groups excluding carboxylic acids is 1. The molecule has 0 saturated carbocycles. The lowest BCUT2D eigenvalue weighted by Crippen LogP contribution is -2.52. The van der Waals surface area contributed by atoms with Gasteiger partial charge < -0.3 is 20.9 Å². The molecule has 1 aliphatic heterocycles. The summed E-state index contributed by atoms with van der Waals surface area (Å²) in [4.78, 5) is 29.9. The van der Waals surface area contributed by atoms with Crippen LogP contribution in [0.15, 0.2) is 36.4 Å². The van der Waals surface area contributed by atoms with Crippen LogP contribution in [0, 0.1) is 5.82 Å². The minimum atomic E-state index is -0.293. The van der Waals surface area contributed by atoms with E-state index in [4.69, 9.17) is 10.7 Å². The number of rotatable bonds is 6. The number of benzene rings is 1. The van der Waals surface area contributed by atoms with Crippen LogP contribution in [0.2, 0.25) is 0 Å². The summed E-state index contributed by atoms with van der Waals surface area (Å²) >= 11 is 0. The summed E-state index contributed by atoms with van der Waals surface area (Å²) < 4.78 is 13.3. The number of nitrogens with one attached hydrogen (secondary N) is 1. The van der Waals surface area contributed by atoms with E-state index >= 15 is 0 Å². The second-order valence-corrected chi connectivity index (χ2v) is 7.89. The molecule has 3 N–H and O–H groups in total. The van der Waals surface area contributed by atoms with Crippen LogP contribution in [-0.4, -0.2) is 58.6 Å². The van der Waals surface area contributed by atoms with E-state index in [1.54, 1.807) is 12.1 Å². The summed E-state index contributed by atoms with van der Waals surface area (Å²) in [5, 5.41) is 2.99. The van der Waals surface area contributed by atoms with E-state index in [-0.39, 0.29) is 17.8 Å². The van der Waals surface area contributed by atoms with Crippen LogP contribution >= 0.6 is 0 Å². The molecule has 9 heteroatoms. The Morgan fingerprint density at radius 2 is 1.78 bits per heavy atom. The summed E-state index contributed by atoms with van der Waals surface area (Å²) in [6, 6.07) is 9.88. The maximum Gasteiger partial charge on any atom is 0.317 e.